The number of hydrogen-bond donors (Lipinski definition) is 2. The predicted molar refractivity (Wildman–Crippen MR) is 128 cm³/mol. The van der Waals surface area contributed by atoms with E-state index in [4.69, 9.17) is 11.6 Å². The van der Waals surface area contributed by atoms with Gasteiger partial charge in [0.25, 0.3) is 0 Å². The summed E-state index contributed by atoms with van der Waals surface area (Å²) in [5, 5.41) is 7.14. The molecule has 0 bridgehead atoms. The Labute approximate surface area is 188 Å². The molecule has 0 amide bonds. The fraction of sp³-hybridized carbons (Fsp3) is 0.273. The molecule has 164 valence electrons. The highest BCUT2D eigenvalue weighted by atomic mass is 35.5. The van der Waals surface area contributed by atoms with Gasteiger partial charge in [-0.1, -0.05) is 18.5 Å². The topological polar surface area (TPSA) is 87.2 Å². The minimum atomic E-state index is -3.34. The first-order chi connectivity index (χ1) is 14.9. The van der Waals surface area contributed by atoms with Gasteiger partial charge in [0.1, 0.15) is 18.0 Å². The molecule has 9 heteroatoms. The highest BCUT2D eigenvalue weighted by Gasteiger charge is 2.17. The van der Waals surface area contributed by atoms with Crippen molar-refractivity contribution >= 4 is 50.1 Å². The standard InChI is InChI=1S/C22H26ClN5O2S/c1-4-28(5-2)20-12-11-18(31(29,30)6-3)13-19(20)27-22-14-21(24-15-25-22)26-17-9-7-16(23)8-10-17/h7-15H,4-6H2,1-3H3,(H2,24,25,26,27). The summed E-state index contributed by atoms with van der Waals surface area (Å²) < 4.78 is 24.8. The first-order valence-corrected chi connectivity index (χ1v) is 12.1. The zero-order valence-electron chi connectivity index (χ0n) is 17.8. The van der Waals surface area contributed by atoms with Crippen LogP contribution in [0.3, 0.4) is 0 Å². The predicted octanol–water partition coefficient (Wildman–Crippen LogP) is 5.26. The van der Waals surface area contributed by atoms with Crippen LogP contribution in [0.2, 0.25) is 5.02 Å². The van der Waals surface area contributed by atoms with Crippen LogP contribution in [0.1, 0.15) is 20.8 Å². The Bertz CT molecular complexity index is 1130. The summed E-state index contributed by atoms with van der Waals surface area (Å²) in [5.74, 6) is 1.19. The van der Waals surface area contributed by atoms with Gasteiger partial charge in [-0.2, -0.15) is 0 Å². The monoisotopic (exact) mass is 459 g/mol. The molecule has 7 nitrogen and oxygen atoms in total. The molecule has 0 saturated carbocycles. The van der Waals surface area contributed by atoms with Crippen LogP contribution in [0.4, 0.5) is 28.7 Å². The maximum absolute atomic E-state index is 12.4. The van der Waals surface area contributed by atoms with Gasteiger partial charge in [-0.3, -0.25) is 0 Å². The summed E-state index contributed by atoms with van der Waals surface area (Å²) in [7, 11) is -3.34. The van der Waals surface area contributed by atoms with Crippen molar-refractivity contribution in [3.05, 3.63) is 59.9 Å². The molecule has 0 saturated heterocycles. The minimum Gasteiger partial charge on any atom is -0.370 e. The number of halogens is 1. The van der Waals surface area contributed by atoms with Gasteiger partial charge in [0, 0.05) is 29.9 Å². The van der Waals surface area contributed by atoms with E-state index in [2.05, 4.69) is 39.3 Å². The van der Waals surface area contributed by atoms with E-state index < -0.39 is 9.84 Å². The lowest BCUT2D eigenvalue weighted by molar-refractivity contribution is 0.597. The number of anilines is 5. The van der Waals surface area contributed by atoms with E-state index in [1.165, 1.54) is 6.33 Å². The fourth-order valence-corrected chi connectivity index (χ4v) is 4.16. The third-order valence-electron chi connectivity index (χ3n) is 4.86. The average molecular weight is 460 g/mol. The van der Waals surface area contributed by atoms with E-state index in [9.17, 15) is 8.42 Å². The summed E-state index contributed by atoms with van der Waals surface area (Å²) >= 11 is 5.94. The normalized spacial score (nSPS) is 11.2. The molecule has 31 heavy (non-hydrogen) atoms. The van der Waals surface area contributed by atoms with E-state index in [-0.39, 0.29) is 10.6 Å². The van der Waals surface area contributed by atoms with Crippen LogP contribution < -0.4 is 15.5 Å². The number of benzene rings is 2. The molecule has 1 aromatic heterocycles. The zero-order valence-corrected chi connectivity index (χ0v) is 19.3. The molecular weight excluding hydrogens is 434 g/mol. The summed E-state index contributed by atoms with van der Waals surface area (Å²) in [5.41, 5.74) is 2.43. The van der Waals surface area contributed by atoms with Gasteiger partial charge < -0.3 is 15.5 Å². The second-order valence-electron chi connectivity index (χ2n) is 6.80. The second kappa shape index (κ2) is 9.98. The SMILES string of the molecule is CCN(CC)c1ccc(S(=O)(=O)CC)cc1Nc1cc(Nc2ccc(Cl)cc2)ncn1. The summed E-state index contributed by atoms with van der Waals surface area (Å²) in [4.78, 5) is 11.0. The van der Waals surface area contributed by atoms with Crippen LogP contribution in [0.5, 0.6) is 0 Å². The van der Waals surface area contributed by atoms with Crippen molar-refractivity contribution in [1.29, 1.82) is 0 Å². The van der Waals surface area contributed by atoms with Gasteiger partial charge in [0.2, 0.25) is 0 Å². The van der Waals surface area contributed by atoms with Crippen molar-refractivity contribution in [2.75, 3.05) is 34.4 Å². The lowest BCUT2D eigenvalue weighted by atomic mass is 10.2. The molecule has 2 N–H and O–H groups in total. The molecule has 0 aliphatic heterocycles. The highest BCUT2D eigenvalue weighted by Crippen LogP contribution is 2.32. The Balaban J connectivity index is 1.94. The number of aromatic nitrogens is 2. The Hall–Kier alpha value is -2.84. The van der Waals surface area contributed by atoms with Crippen molar-refractivity contribution in [2.45, 2.75) is 25.7 Å². The Morgan fingerprint density at radius 3 is 2.16 bits per heavy atom. The molecular formula is C22H26ClN5O2S. The third kappa shape index (κ3) is 5.65. The summed E-state index contributed by atoms with van der Waals surface area (Å²) in [6.45, 7) is 7.34. The maximum atomic E-state index is 12.4. The fourth-order valence-electron chi connectivity index (χ4n) is 3.13. The number of nitrogens with one attached hydrogen (secondary N) is 2. The van der Waals surface area contributed by atoms with Crippen LogP contribution in [0.25, 0.3) is 0 Å². The van der Waals surface area contributed by atoms with Gasteiger partial charge in [0.05, 0.1) is 22.0 Å². The van der Waals surface area contributed by atoms with Gasteiger partial charge in [-0.25, -0.2) is 18.4 Å². The Morgan fingerprint density at radius 2 is 1.55 bits per heavy atom. The number of hydrogen-bond acceptors (Lipinski definition) is 7. The maximum Gasteiger partial charge on any atom is 0.178 e. The lowest BCUT2D eigenvalue weighted by Crippen LogP contribution is -2.23. The van der Waals surface area contributed by atoms with Crippen molar-refractivity contribution in [3.63, 3.8) is 0 Å². The first kappa shape index (κ1) is 22.8. The molecule has 1 heterocycles. The van der Waals surface area contributed by atoms with E-state index in [1.807, 2.05) is 18.2 Å². The van der Waals surface area contributed by atoms with Crippen LogP contribution >= 0.6 is 11.6 Å². The van der Waals surface area contributed by atoms with Gasteiger partial charge >= 0.3 is 0 Å². The van der Waals surface area contributed by atoms with Crippen molar-refractivity contribution in [3.8, 4) is 0 Å². The van der Waals surface area contributed by atoms with Gasteiger partial charge in [-0.15, -0.1) is 0 Å². The molecule has 0 aliphatic rings. The molecule has 3 rings (SSSR count). The number of rotatable bonds is 9. The lowest BCUT2D eigenvalue weighted by Gasteiger charge is -2.25. The molecule has 0 unspecified atom stereocenters. The molecule has 0 fully saturated rings. The molecule has 0 radical (unpaired) electrons. The molecule has 3 aromatic rings. The number of nitrogens with zero attached hydrogens (tertiary/aromatic N) is 3. The van der Waals surface area contributed by atoms with Crippen LogP contribution in [0, 0.1) is 0 Å². The van der Waals surface area contributed by atoms with Crippen LogP contribution in [-0.4, -0.2) is 37.2 Å². The largest absolute Gasteiger partial charge is 0.370 e. The minimum absolute atomic E-state index is 0.0414. The van der Waals surface area contributed by atoms with E-state index in [0.717, 1.165) is 24.5 Å². The van der Waals surface area contributed by atoms with E-state index >= 15 is 0 Å². The van der Waals surface area contributed by atoms with Crippen molar-refractivity contribution < 1.29 is 8.42 Å². The number of sulfone groups is 1. The summed E-state index contributed by atoms with van der Waals surface area (Å²) in [6, 6.07) is 14.2. The Kier molecular flexibility index (Phi) is 7.35. The van der Waals surface area contributed by atoms with Crippen molar-refractivity contribution in [1.82, 2.24) is 9.97 Å². The first-order valence-electron chi connectivity index (χ1n) is 10.1. The van der Waals surface area contributed by atoms with Crippen LogP contribution in [0.15, 0.2) is 59.8 Å². The third-order valence-corrected chi connectivity index (χ3v) is 6.84. The van der Waals surface area contributed by atoms with E-state index in [0.29, 0.717) is 22.3 Å². The quantitative estimate of drug-likeness (QED) is 0.451. The highest BCUT2D eigenvalue weighted by molar-refractivity contribution is 7.91. The zero-order chi connectivity index (χ0) is 22.4. The summed E-state index contributed by atoms with van der Waals surface area (Å²) in [6.07, 6.45) is 1.45. The van der Waals surface area contributed by atoms with Gasteiger partial charge in [-0.05, 0) is 56.3 Å². The molecule has 0 atom stereocenters. The van der Waals surface area contributed by atoms with Gasteiger partial charge in [0.15, 0.2) is 9.84 Å². The smallest absolute Gasteiger partial charge is 0.178 e. The van der Waals surface area contributed by atoms with Crippen molar-refractivity contribution in [2.24, 2.45) is 0 Å². The molecule has 2 aromatic carbocycles. The second-order valence-corrected chi connectivity index (χ2v) is 9.51. The van der Waals surface area contributed by atoms with Crippen LogP contribution in [-0.2, 0) is 9.84 Å². The Morgan fingerprint density at radius 1 is 0.903 bits per heavy atom. The average Bonchev–Trinajstić information content (AvgIpc) is 2.77. The van der Waals surface area contributed by atoms with E-state index in [1.54, 1.807) is 37.3 Å². The molecule has 0 aliphatic carbocycles. The molecule has 0 spiro atoms.